The summed E-state index contributed by atoms with van der Waals surface area (Å²) >= 11 is 1.44. The van der Waals surface area contributed by atoms with Crippen LogP contribution in [0.2, 0.25) is 0 Å². The van der Waals surface area contributed by atoms with E-state index in [4.69, 9.17) is 26.2 Å². The number of nitrogens with two attached hydrogens (primary N) is 2. The van der Waals surface area contributed by atoms with Crippen molar-refractivity contribution in [1.82, 2.24) is 19.8 Å². The number of ketones is 1. The van der Waals surface area contributed by atoms with Crippen LogP contribution in [-0.2, 0) is 11.2 Å². The molecule has 2 aromatic heterocycles. The number of carbonyl (C=O) groups is 1. The second-order valence-electron chi connectivity index (χ2n) is 12.8. The number of piperazine rings is 1. The van der Waals surface area contributed by atoms with E-state index in [1.54, 1.807) is 0 Å². The fourth-order valence-electron chi connectivity index (χ4n) is 7.12. The fourth-order valence-corrected chi connectivity index (χ4v) is 8.25. The van der Waals surface area contributed by atoms with Crippen LogP contribution in [0.1, 0.15) is 86.0 Å². The largest absolute Gasteiger partial charge is 0.476 e. The molecule has 2 aliphatic heterocycles. The van der Waals surface area contributed by atoms with Crippen molar-refractivity contribution < 1.29 is 9.53 Å². The minimum Gasteiger partial charge on any atom is -0.476 e. The van der Waals surface area contributed by atoms with Crippen LogP contribution < -0.4 is 21.1 Å². The van der Waals surface area contributed by atoms with Gasteiger partial charge in [0.2, 0.25) is 5.88 Å². The van der Waals surface area contributed by atoms with Gasteiger partial charge in [0.15, 0.2) is 11.6 Å². The molecule has 2 aromatic rings. The first-order valence-electron chi connectivity index (χ1n) is 16.1. The fraction of sp³-hybridized carbons (Fsp3) is 0.588. The van der Waals surface area contributed by atoms with Gasteiger partial charge in [0.25, 0.3) is 0 Å². The molecule has 0 bridgehead atoms. The highest BCUT2D eigenvalue weighted by atomic mass is 32.1. The quantitative estimate of drug-likeness (QED) is 0.307. The number of rotatable bonds is 9. The minimum absolute atomic E-state index is 0.0461. The number of aryl methyl sites for hydroxylation is 1. The monoisotopic (exact) mass is 630 g/mol. The number of nitriles is 1. The van der Waals surface area contributed by atoms with E-state index in [0.717, 1.165) is 68.1 Å². The number of aromatic nitrogens is 2. The first-order chi connectivity index (χ1) is 21.7. The second kappa shape index (κ2) is 13.8. The van der Waals surface area contributed by atoms with Crippen LogP contribution >= 0.6 is 11.3 Å². The van der Waals surface area contributed by atoms with E-state index in [2.05, 4.69) is 47.7 Å². The number of carbonyl (C=O) groups excluding carboxylic acids is 1. The maximum atomic E-state index is 14.3. The Morgan fingerprint density at radius 3 is 2.64 bits per heavy atom. The summed E-state index contributed by atoms with van der Waals surface area (Å²) in [6.07, 6.45) is 16.3. The zero-order valence-corrected chi connectivity index (χ0v) is 27.7. The van der Waals surface area contributed by atoms with Gasteiger partial charge in [-0.1, -0.05) is 13.3 Å². The SMILES string of the molecule is C#C.CCC/C(C(=O)[C@H]1CCCc2sc(N)c(C#N)c21)=C(/N)c1nc(OC[C@@H]2CCCN2C)cc(N2CCN(C)C3(CC3)C2)n1. The molecular weight excluding hydrogens is 584 g/mol. The lowest BCUT2D eigenvalue weighted by atomic mass is 9.79. The second-order valence-corrected chi connectivity index (χ2v) is 13.9. The Labute approximate surface area is 271 Å². The number of nitrogens with zero attached hydrogens (tertiary/aromatic N) is 6. The average molecular weight is 631 g/mol. The van der Waals surface area contributed by atoms with Gasteiger partial charge in [-0.15, -0.1) is 24.2 Å². The lowest BCUT2D eigenvalue weighted by Crippen LogP contribution is -2.53. The maximum absolute atomic E-state index is 14.3. The number of terminal acetylenes is 1. The van der Waals surface area contributed by atoms with E-state index in [1.807, 2.05) is 13.0 Å². The van der Waals surface area contributed by atoms with Crippen molar-refractivity contribution in [3.05, 3.63) is 33.5 Å². The average Bonchev–Trinajstić information content (AvgIpc) is 3.58. The highest BCUT2D eigenvalue weighted by molar-refractivity contribution is 7.16. The van der Waals surface area contributed by atoms with Gasteiger partial charge < -0.3 is 26.0 Å². The van der Waals surface area contributed by atoms with Gasteiger partial charge in [-0.05, 0) is 77.6 Å². The summed E-state index contributed by atoms with van der Waals surface area (Å²) in [5.74, 6) is 1.15. The lowest BCUT2D eigenvalue weighted by Gasteiger charge is -2.40. The molecule has 0 unspecified atom stereocenters. The van der Waals surface area contributed by atoms with Crippen LogP contribution in [-0.4, -0.2) is 84.0 Å². The summed E-state index contributed by atoms with van der Waals surface area (Å²) in [6.45, 7) is 6.37. The molecule has 6 rings (SSSR count). The maximum Gasteiger partial charge on any atom is 0.219 e. The molecule has 45 heavy (non-hydrogen) atoms. The van der Waals surface area contributed by atoms with Crippen LogP contribution in [0.4, 0.5) is 10.8 Å². The number of fused-ring (bicyclic) bond motifs is 1. The van der Waals surface area contributed by atoms with Crippen molar-refractivity contribution in [3.63, 3.8) is 0 Å². The van der Waals surface area contributed by atoms with E-state index >= 15 is 0 Å². The Kier molecular flexibility index (Phi) is 10.0. The molecule has 240 valence electrons. The summed E-state index contributed by atoms with van der Waals surface area (Å²) in [5.41, 5.74) is 15.4. The standard InChI is InChI=1S/C32H44N8O2S.C2H2/c1-4-7-22(29(41)21-9-5-10-24-27(21)23(17-33)30(35)43-24)28(34)31-36-25(40-15-14-39(3)32(19-40)11-12-32)16-26(37-31)42-18-20-8-6-13-38(20)2;1-2/h16,20-21H,4-15,18-19,34-35H2,1-3H3;1-2H/b28-22-;/t20-,21-;/m0./s1. The van der Waals surface area contributed by atoms with Crippen molar-refractivity contribution in [2.45, 2.75) is 82.2 Å². The Balaban J connectivity index is 0.00000196. The van der Waals surface area contributed by atoms with Crippen LogP contribution in [0.5, 0.6) is 5.88 Å². The van der Waals surface area contributed by atoms with Crippen molar-refractivity contribution in [2.24, 2.45) is 5.73 Å². The lowest BCUT2D eigenvalue weighted by molar-refractivity contribution is -0.117. The Morgan fingerprint density at radius 1 is 1.20 bits per heavy atom. The van der Waals surface area contributed by atoms with Crippen LogP contribution in [0, 0.1) is 24.2 Å². The molecule has 0 amide bonds. The predicted octanol–water partition coefficient (Wildman–Crippen LogP) is 4.16. The van der Waals surface area contributed by atoms with Crippen LogP contribution in [0.3, 0.4) is 0 Å². The smallest absolute Gasteiger partial charge is 0.219 e. The predicted molar refractivity (Wildman–Crippen MR) is 180 cm³/mol. The van der Waals surface area contributed by atoms with Crippen LogP contribution in [0.25, 0.3) is 5.70 Å². The summed E-state index contributed by atoms with van der Waals surface area (Å²) in [7, 11) is 4.34. The Bertz CT molecular complexity index is 1500. The molecule has 2 saturated heterocycles. The van der Waals surface area contributed by atoms with E-state index in [-0.39, 0.29) is 11.3 Å². The molecule has 4 aliphatic rings. The summed E-state index contributed by atoms with van der Waals surface area (Å²) in [4.78, 5) is 32.2. The number of hydrogen-bond acceptors (Lipinski definition) is 11. The first-order valence-corrected chi connectivity index (χ1v) is 16.9. The molecule has 4 N–H and O–H groups in total. The number of ether oxygens (including phenoxy) is 1. The number of allylic oxidation sites excluding steroid dienone is 1. The van der Waals surface area contributed by atoms with Gasteiger partial charge in [0.05, 0.1) is 11.3 Å². The zero-order valence-electron chi connectivity index (χ0n) is 26.8. The Morgan fingerprint density at radius 2 is 1.98 bits per heavy atom. The molecule has 2 aliphatic carbocycles. The molecule has 10 nitrogen and oxygen atoms in total. The number of Topliss-reactive ketones (excluding diaryl/α,β-unsaturated/α-hetero) is 1. The van der Waals surface area contributed by atoms with Gasteiger partial charge in [-0.3, -0.25) is 9.69 Å². The molecule has 2 atom stereocenters. The third kappa shape index (κ3) is 6.53. The van der Waals surface area contributed by atoms with E-state index in [1.165, 1.54) is 30.6 Å². The first kappa shape index (κ1) is 32.7. The van der Waals surface area contributed by atoms with Gasteiger partial charge in [-0.2, -0.15) is 10.2 Å². The highest BCUT2D eigenvalue weighted by Crippen LogP contribution is 2.45. The number of nitrogen functional groups attached to an aromatic ring is 1. The molecule has 1 spiro atoms. The van der Waals surface area contributed by atoms with Gasteiger partial charge >= 0.3 is 0 Å². The number of hydrogen-bond donors (Lipinski definition) is 2. The van der Waals surface area contributed by atoms with Gasteiger partial charge in [0, 0.05) is 53.6 Å². The number of likely N-dealkylation sites (N-methyl/N-ethyl adjacent to an activating group) is 2. The molecule has 3 fully saturated rings. The number of thiophene rings is 1. The highest BCUT2D eigenvalue weighted by Gasteiger charge is 2.50. The van der Waals surface area contributed by atoms with Crippen LogP contribution in [0.15, 0.2) is 11.6 Å². The molecule has 0 aromatic carbocycles. The van der Waals surface area contributed by atoms with Crippen molar-refractivity contribution in [2.75, 3.05) is 57.5 Å². The third-order valence-corrected chi connectivity index (χ3v) is 11.1. The molecule has 4 heterocycles. The van der Waals surface area contributed by atoms with Gasteiger partial charge in [0.1, 0.15) is 23.5 Å². The Hall–Kier alpha value is -3.64. The molecule has 0 radical (unpaired) electrons. The molecule has 11 heteroatoms. The zero-order chi connectivity index (χ0) is 32.3. The third-order valence-electron chi connectivity index (χ3n) is 10.0. The molecular formula is C34H46N8O2S. The summed E-state index contributed by atoms with van der Waals surface area (Å²) in [6, 6.07) is 4.54. The molecule has 1 saturated carbocycles. The van der Waals surface area contributed by atoms with Gasteiger partial charge in [-0.25, -0.2) is 4.98 Å². The normalized spacial score (nSPS) is 23.0. The van der Waals surface area contributed by atoms with Crippen molar-refractivity contribution in [1.29, 1.82) is 5.26 Å². The van der Waals surface area contributed by atoms with E-state index in [0.29, 0.717) is 59.0 Å². The summed E-state index contributed by atoms with van der Waals surface area (Å²) in [5, 5.41) is 10.4. The van der Waals surface area contributed by atoms with E-state index < -0.39 is 5.92 Å². The number of anilines is 2. The summed E-state index contributed by atoms with van der Waals surface area (Å²) < 4.78 is 6.33. The van der Waals surface area contributed by atoms with Crippen molar-refractivity contribution in [3.8, 4) is 24.8 Å². The minimum atomic E-state index is -0.434. The number of likely N-dealkylation sites (tertiary alicyclic amines) is 1. The topological polar surface area (TPSA) is 138 Å². The van der Waals surface area contributed by atoms with E-state index in [9.17, 15) is 10.1 Å². The van der Waals surface area contributed by atoms with Crippen molar-refractivity contribution >= 4 is 33.6 Å².